The standard InChI is InChI=1S/C15H14N2O3S/c1-3-20-14(19)8-10-4-5-11-12(7-10)21-15-16-13(18)6-9(2)17(11)15/h4-7H,3,8H2,1-2H3. The Balaban J connectivity index is 2.10. The molecular weight excluding hydrogens is 288 g/mol. The summed E-state index contributed by atoms with van der Waals surface area (Å²) in [6.07, 6.45) is 0.252. The zero-order valence-corrected chi connectivity index (χ0v) is 12.6. The number of ether oxygens (including phenoxy) is 1. The van der Waals surface area contributed by atoms with Crippen molar-refractivity contribution in [3.05, 3.63) is 45.9 Å². The number of carbonyl (C=O) groups excluding carboxylic acids is 1. The molecule has 5 nitrogen and oxygen atoms in total. The summed E-state index contributed by atoms with van der Waals surface area (Å²) in [5, 5.41) is 0. The molecule has 0 aliphatic heterocycles. The molecule has 0 amide bonds. The molecule has 0 radical (unpaired) electrons. The quantitative estimate of drug-likeness (QED) is 0.697. The lowest BCUT2D eigenvalue weighted by Crippen LogP contribution is -2.08. The first-order valence-corrected chi connectivity index (χ1v) is 7.47. The fraction of sp³-hybridized carbons (Fsp3) is 0.267. The number of carbonyl (C=O) groups is 1. The molecular formula is C15H14N2O3S. The fourth-order valence-corrected chi connectivity index (χ4v) is 3.48. The Morgan fingerprint density at radius 3 is 2.95 bits per heavy atom. The summed E-state index contributed by atoms with van der Waals surface area (Å²) in [6, 6.07) is 7.33. The first-order chi connectivity index (χ1) is 10.1. The molecule has 0 atom stereocenters. The molecule has 0 unspecified atom stereocenters. The largest absolute Gasteiger partial charge is 0.466 e. The van der Waals surface area contributed by atoms with E-state index in [1.165, 1.54) is 17.4 Å². The predicted molar refractivity (Wildman–Crippen MR) is 81.9 cm³/mol. The van der Waals surface area contributed by atoms with Crippen molar-refractivity contribution in [1.29, 1.82) is 0 Å². The lowest BCUT2D eigenvalue weighted by Gasteiger charge is -2.03. The zero-order valence-electron chi connectivity index (χ0n) is 11.8. The number of hydrogen-bond donors (Lipinski definition) is 0. The normalized spacial score (nSPS) is 11.1. The SMILES string of the molecule is CCOC(=O)Cc1ccc2c(c1)sc1nc(=O)cc(C)n12. The van der Waals surface area contributed by atoms with Crippen LogP contribution in [0.1, 0.15) is 18.2 Å². The van der Waals surface area contributed by atoms with Crippen LogP contribution in [0.25, 0.3) is 15.2 Å². The molecule has 3 rings (SSSR count). The van der Waals surface area contributed by atoms with E-state index in [2.05, 4.69) is 4.98 Å². The van der Waals surface area contributed by atoms with E-state index in [0.29, 0.717) is 11.6 Å². The zero-order chi connectivity index (χ0) is 15.0. The van der Waals surface area contributed by atoms with Gasteiger partial charge in [-0.2, -0.15) is 4.98 Å². The monoisotopic (exact) mass is 302 g/mol. The van der Waals surface area contributed by atoms with Crippen molar-refractivity contribution >= 4 is 32.5 Å². The van der Waals surface area contributed by atoms with Crippen LogP contribution in [-0.4, -0.2) is 22.0 Å². The molecule has 1 aromatic carbocycles. The molecule has 0 saturated heterocycles. The predicted octanol–water partition coefficient (Wildman–Crippen LogP) is 2.32. The highest BCUT2D eigenvalue weighted by Crippen LogP contribution is 2.26. The van der Waals surface area contributed by atoms with E-state index >= 15 is 0 Å². The second-order valence-corrected chi connectivity index (χ2v) is 5.75. The number of rotatable bonds is 3. The van der Waals surface area contributed by atoms with Gasteiger partial charge in [-0.3, -0.25) is 14.0 Å². The second kappa shape index (κ2) is 5.29. The van der Waals surface area contributed by atoms with Crippen LogP contribution in [0.15, 0.2) is 29.1 Å². The Labute approximate surface area is 124 Å². The third-order valence-electron chi connectivity index (χ3n) is 3.20. The summed E-state index contributed by atoms with van der Waals surface area (Å²) in [6.45, 7) is 4.06. The summed E-state index contributed by atoms with van der Waals surface area (Å²) < 4.78 is 7.91. The highest BCUT2D eigenvalue weighted by molar-refractivity contribution is 7.23. The Morgan fingerprint density at radius 2 is 2.19 bits per heavy atom. The summed E-state index contributed by atoms with van der Waals surface area (Å²) in [5.74, 6) is -0.234. The van der Waals surface area contributed by atoms with Gasteiger partial charge in [0.15, 0.2) is 4.96 Å². The van der Waals surface area contributed by atoms with Crippen molar-refractivity contribution in [3.8, 4) is 0 Å². The van der Waals surface area contributed by atoms with E-state index in [1.54, 1.807) is 6.92 Å². The lowest BCUT2D eigenvalue weighted by molar-refractivity contribution is -0.142. The maximum Gasteiger partial charge on any atom is 0.310 e. The lowest BCUT2D eigenvalue weighted by atomic mass is 10.1. The molecule has 21 heavy (non-hydrogen) atoms. The van der Waals surface area contributed by atoms with Gasteiger partial charge in [-0.15, -0.1) is 0 Å². The van der Waals surface area contributed by atoms with Crippen molar-refractivity contribution in [3.63, 3.8) is 0 Å². The Morgan fingerprint density at radius 1 is 1.38 bits per heavy atom. The fourth-order valence-electron chi connectivity index (χ4n) is 2.34. The first kappa shape index (κ1) is 13.8. The molecule has 0 aliphatic rings. The van der Waals surface area contributed by atoms with E-state index in [-0.39, 0.29) is 17.9 Å². The van der Waals surface area contributed by atoms with Crippen LogP contribution >= 0.6 is 11.3 Å². The Kier molecular flexibility index (Phi) is 3.47. The van der Waals surface area contributed by atoms with E-state index in [1.807, 2.05) is 29.5 Å². The van der Waals surface area contributed by atoms with Crippen molar-refractivity contribution in [1.82, 2.24) is 9.38 Å². The molecule has 0 aliphatic carbocycles. The van der Waals surface area contributed by atoms with Crippen molar-refractivity contribution in [2.75, 3.05) is 6.61 Å². The number of aromatic nitrogens is 2. The number of esters is 1. The molecule has 2 aromatic heterocycles. The molecule has 2 heterocycles. The molecule has 0 N–H and O–H groups in total. The third-order valence-corrected chi connectivity index (χ3v) is 4.21. The van der Waals surface area contributed by atoms with Crippen LogP contribution < -0.4 is 5.56 Å². The van der Waals surface area contributed by atoms with E-state index in [9.17, 15) is 9.59 Å². The number of nitrogens with zero attached hydrogens (tertiary/aromatic N) is 2. The van der Waals surface area contributed by atoms with Gasteiger partial charge in [0, 0.05) is 11.8 Å². The molecule has 6 heteroatoms. The van der Waals surface area contributed by atoms with Crippen LogP contribution in [0.5, 0.6) is 0 Å². The topological polar surface area (TPSA) is 60.7 Å². The average Bonchev–Trinajstić information content (AvgIpc) is 2.75. The van der Waals surface area contributed by atoms with Crippen molar-refractivity contribution in [2.24, 2.45) is 0 Å². The smallest absolute Gasteiger partial charge is 0.310 e. The summed E-state index contributed by atoms with van der Waals surface area (Å²) in [4.78, 5) is 27.7. The minimum absolute atomic E-state index is 0.231. The third kappa shape index (κ3) is 2.54. The number of fused-ring (bicyclic) bond motifs is 3. The molecule has 0 bridgehead atoms. The average molecular weight is 302 g/mol. The first-order valence-electron chi connectivity index (χ1n) is 6.66. The van der Waals surface area contributed by atoms with Crippen molar-refractivity contribution in [2.45, 2.75) is 20.3 Å². The molecule has 3 aromatic rings. The summed E-state index contributed by atoms with van der Waals surface area (Å²) in [7, 11) is 0. The molecule has 0 fully saturated rings. The van der Waals surface area contributed by atoms with Crippen LogP contribution in [-0.2, 0) is 16.0 Å². The Hall–Kier alpha value is -2.21. The van der Waals surface area contributed by atoms with Gasteiger partial charge >= 0.3 is 5.97 Å². The molecule has 108 valence electrons. The molecule has 0 spiro atoms. The van der Waals surface area contributed by atoms with Gasteiger partial charge in [-0.1, -0.05) is 17.4 Å². The van der Waals surface area contributed by atoms with E-state index in [0.717, 1.165) is 21.5 Å². The van der Waals surface area contributed by atoms with Crippen molar-refractivity contribution < 1.29 is 9.53 Å². The minimum atomic E-state index is -0.234. The van der Waals surface area contributed by atoms with Gasteiger partial charge in [0.05, 0.1) is 23.2 Å². The van der Waals surface area contributed by atoms with Crippen LogP contribution in [0.3, 0.4) is 0 Å². The van der Waals surface area contributed by atoms with Gasteiger partial charge in [0.2, 0.25) is 0 Å². The second-order valence-electron chi connectivity index (χ2n) is 4.74. The number of benzene rings is 1. The maximum atomic E-state index is 11.5. The van der Waals surface area contributed by atoms with Gasteiger partial charge in [-0.05, 0) is 31.5 Å². The number of thiazole rings is 1. The highest BCUT2D eigenvalue weighted by atomic mass is 32.1. The summed E-state index contributed by atoms with van der Waals surface area (Å²) >= 11 is 1.44. The number of hydrogen-bond acceptors (Lipinski definition) is 5. The van der Waals surface area contributed by atoms with E-state index < -0.39 is 0 Å². The minimum Gasteiger partial charge on any atom is -0.466 e. The highest BCUT2D eigenvalue weighted by Gasteiger charge is 2.10. The Bertz CT molecular complexity index is 895. The van der Waals surface area contributed by atoms with Crippen LogP contribution in [0.4, 0.5) is 0 Å². The summed E-state index contributed by atoms with van der Waals surface area (Å²) in [5.41, 5.74) is 2.51. The van der Waals surface area contributed by atoms with Gasteiger partial charge in [-0.25, -0.2) is 0 Å². The van der Waals surface area contributed by atoms with Crippen LogP contribution in [0, 0.1) is 6.92 Å². The number of aryl methyl sites for hydroxylation is 1. The van der Waals surface area contributed by atoms with Gasteiger partial charge < -0.3 is 4.74 Å². The van der Waals surface area contributed by atoms with Gasteiger partial charge in [0.1, 0.15) is 0 Å². The van der Waals surface area contributed by atoms with Crippen LogP contribution in [0.2, 0.25) is 0 Å². The maximum absolute atomic E-state index is 11.5. The molecule has 0 saturated carbocycles. The van der Waals surface area contributed by atoms with E-state index in [4.69, 9.17) is 4.74 Å². The van der Waals surface area contributed by atoms with Gasteiger partial charge in [0.25, 0.3) is 5.56 Å².